The molecule has 1 aromatic rings. The van der Waals surface area contributed by atoms with Gasteiger partial charge in [-0.2, -0.15) is 0 Å². The van der Waals surface area contributed by atoms with Gasteiger partial charge in [0.25, 0.3) is 0 Å². The van der Waals surface area contributed by atoms with E-state index in [9.17, 15) is 0 Å². The molecule has 1 aliphatic heterocycles. The number of rotatable bonds is 4. The molecule has 0 aliphatic carbocycles. The number of pyridine rings is 1. The van der Waals surface area contributed by atoms with Crippen LogP contribution < -0.4 is 0 Å². The summed E-state index contributed by atoms with van der Waals surface area (Å²) in [6, 6.07) is 3.88. The Bertz CT molecular complexity index is 520. The lowest BCUT2D eigenvalue weighted by atomic mass is 9.99. The molecule has 4 heteroatoms. The molecule has 2 atom stereocenters. The van der Waals surface area contributed by atoms with Crippen LogP contribution in [0.25, 0.3) is 0 Å². The van der Waals surface area contributed by atoms with Gasteiger partial charge in [0.1, 0.15) is 0 Å². The van der Waals surface area contributed by atoms with Crippen molar-refractivity contribution < 1.29 is 4.74 Å². The number of aliphatic imine (C=N–C) groups is 2. The Kier molecular flexibility index (Phi) is 5.18. The highest BCUT2D eigenvalue weighted by atomic mass is 16.5. The van der Waals surface area contributed by atoms with Crippen LogP contribution in [-0.2, 0) is 4.74 Å². The summed E-state index contributed by atoms with van der Waals surface area (Å²) in [4.78, 5) is 13.4. The van der Waals surface area contributed by atoms with Gasteiger partial charge in [-0.05, 0) is 31.9 Å². The Morgan fingerprint density at radius 1 is 1.50 bits per heavy atom. The maximum atomic E-state index is 5.43. The monoisotopic (exact) mass is 271 g/mol. The van der Waals surface area contributed by atoms with Crippen LogP contribution >= 0.6 is 0 Å². The highest BCUT2D eigenvalue weighted by Crippen LogP contribution is 2.21. The zero-order valence-corrected chi connectivity index (χ0v) is 12.3. The lowest BCUT2D eigenvalue weighted by Crippen LogP contribution is -2.20. The van der Waals surface area contributed by atoms with E-state index < -0.39 is 0 Å². The second-order valence-electron chi connectivity index (χ2n) is 4.87. The van der Waals surface area contributed by atoms with Gasteiger partial charge in [-0.1, -0.05) is 13.0 Å². The average molecular weight is 271 g/mol. The molecule has 20 heavy (non-hydrogen) atoms. The third kappa shape index (κ3) is 3.61. The van der Waals surface area contributed by atoms with E-state index in [0.717, 1.165) is 29.9 Å². The van der Waals surface area contributed by atoms with Crippen LogP contribution in [0.4, 0.5) is 0 Å². The summed E-state index contributed by atoms with van der Waals surface area (Å²) in [5, 5.41) is 0. The molecule has 4 nitrogen and oxygen atoms in total. The van der Waals surface area contributed by atoms with E-state index in [4.69, 9.17) is 4.74 Å². The maximum Gasteiger partial charge on any atom is 0.160 e. The molecule has 1 aliphatic rings. The zero-order valence-electron chi connectivity index (χ0n) is 12.3. The molecule has 0 bridgehead atoms. The molecular formula is C16H21N3O. The Labute approximate surface area is 120 Å². The van der Waals surface area contributed by atoms with E-state index in [1.807, 2.05) is 18.3 Å². The Balaban J connectivity index is 2.33. The number of methoxy groups -OCH3 is 1. The van der Waals surface area contributed by atoms with Crippen molar-refractivity contribution in [2.75, 3.05) is 7.11 Å². The van der Waals surface area contributed by atoms with Crippen molar-refractivity contribution >= 4 is 12.1 Å². The van der Waals surface area contributed by atoms with E-state index in [0.29, 0.717) is 0 Å². The average Bonchev–Trinajstić information content (AvgIpc) is 2.70. The molecule has 0 radical (unpaired) electrons. The first-order valence-corrected chi connectivity index (χ1v) is 6.99. The minimum atomic E-state index is 0.127. The fourth-order valence-electron chi connectivity index (χ4n) is 2.13. The number of ether oxygens (including phenoxy) is 1. The molecule has 0 aromatic carbocycles. The number of aromatic nitrogens is 1. The summed E-state index contributed by atoms with van der Waals surface area (Å²) in [6.45, 7) is 4.18. The largest absolute Gasteiger partial charge is 0.381 e. The highest BCUT2D eigenvalue weighted by Gasteiger charge is 2.20. The Hall–Kier alpha value is -1.81. The molecule has 2 heterocycles. The van der Waals surface area contributed by atoms with Crippen LogP contribution in [0.5, 0.6) is 0 Å². The van der Waals surface area contributed by atoms with Gasteiger partial charge in [0.05, 0.1) is 6.10 Å². The van der Waals surface area contributed by atoms with Crippen LogP contribution in [-0.4, -0.2) is 30.2 Å². The minimum Gasteiger partial charge on any atom is -0.381 e. The number of allylic oxidation sites excluding steroid dienone is 2. The number of hydrogen-bond acceptors (Lipinski definition) is 4. The van der Waals surface area contributed by atoms with Gasteiger partial charge in [-0.25, -0.2) is 9.98 Å². The molecule has 0 unspecified atom stereocenters. The topological polar surface area (TPSA) is 46.8 Å². The first-order valence-electron chi connectivity index (χ1n) is 6.99. The molecule has 0 fully saturated rings. The van der Waals surface area contributed by atoms with Gasteiger partial charge >= 0.3 is 0 Å². The summed E-state index contributed by atoms with van der Waals surface area (Å²) >= 11 is 0. The normalized spacial score (nSPS) is 22.4. The molecule has 0 N–H and O–H groups in total. The lowest BCUT2D eigenvalue weighted by molar-refractivity contribution is 0.0917. The van der Waals surface area contributed by atoms with E-state index in [1.165, 1.54) is 0 Å². The van der Waals surface area contributed by atoms with Gasteiger partial charge in [0, 0.05) is 42.9 Å². The standard InChI is InChI=1S/C16H21N3O/c1-4-6-15-9-14(12(2)20-3)11-18-16(19-15)13-7-5-8-17-10-13/h5-8,10-12,14H,4,9H2,1-3H3/b15-6+/t12-,14+/m1/s1. The molecular weight excluding hydrogens is 250 g/mol. The smallest absolute Gasteiger partial charge is 0.160 e. The summed E-state index contributed by atoms with van der Waals surface area (Å²) in [5.41, 5.74) is 2.01. The highest BCUT2D eigenvalue weighted by molar-refractivity contribution is 6.04. The van der Waals surface area contributed by atoms with E-state index >= 15 is 0 Å². The van der Waals surface area contributed by atoms with Crippen molar-refractivity contribution in [2.24, 2.45) is 15.9 Å². The van der Waals surface area contributed by atoms with Crippen molar-refractivity contribution in [2.45, 2.75) is 32.8 Å². The quantitative estimate of drug-likeness (QED) is 0.844. The molecule has 0 saturated heterocycles. The Morgan fingerprint density at radius 2 is 2.35 bits per heavy atom. The second-order valence-corrected chi connectivity index (χ2v) is 4.87. The van der Waals surface area contributed by atoms with Gasteiger partial charge in [0.2, 0.25) is 0 Å². The van der Waals surface area contributed by atoms with Crippen molar-refractivity contribution in [3.63, 3.8) is 0 Å². The summed E-state index contributed by atoms with van der Waals surface area (Å²) in [6.07, 6.45) is 9.60. The van der Waals surface area contributed by atoms with Crippen molar-refractivity contribution in [3.8, 4) is 0 Å². The Morgan fingerprint density at radius 3 is 3.00 bits per heavy atom. The fraction of sp³-hybridized carbons (Fsp3) is 0.438. The van der Waals surface area contributed by atoms with Crippen molar-refractivity contribution in [1.82, 2.24) is 4.98 Å². The van der Waals surface area contributed by atoms with Crippen molar-refractivity contribution in [1.29, 1.82) is 0 Å². The number of hydrogen-bond donors (Lipinski definition) is 0. The van der Waals surface area contributed by atoms with Gasteiger partial charge in [0.15, 0.2) is 5.84 Å². The van der Waals surface area contributed by atoms with Crippen LogP contribution in [0.1, 0.15) is 32.3 Å². The number of nitrogens with zero attached hydrogens (tertiary/aromatic N) is 3. The van der Waals surface area contributed by atoms with Crippen LogP contribution in [0.2, 0.25) is 0 Å². The van der Waals surface area contributed by atoms with Crippen molar-refractivity contribution in [3.05, 3.63) is 41.9 Å². The predicted octanol–water partition coefficient (Wildman–Crippen LogP) is 3.25. The summed E-state index contributed by atoms with van der Waals surface area (Å²) in [7, 11) is 1.73. The molecule has 0 saturated carbocycles. The van der Waals surface area contributed by atoms with Gasteiger partial charge in [-0.3, -0.25) is 4.98 Å². The maximum absolute atomic E-state index is 5.43. The third-order valence-electron chi connectivity index (χ3n) is 3.42. The first kappa shape index (κ1) is 14.6. The lowest BCUT2D eigenvalue weighted by Gasteiger charge is -2.17. The fourth-order valence-corrected chi connectivity index (χ4v) is 2.13. The first-order chi connectivity index (χ1) is 9.74. The van der Waals surface area contributed by atoms with Gasteiger partial charge < -0.3 is 4.74 Å². The molecule has 1 aromatic heterocycles. The zero-order chi connectivity index (χ0) is 14.4. The number of amidine groups is 1. The van der Waals surface area contributed by atoms with Gasteiger partial charge in [-0.15, -0.1) is 0 Å². The molecule has 2 rings (SSSR count). The summed E-state index contributed by atoms with van der Waals surface area (Å²) < 4.78 is 5.43. The van der Waals surface area contributed by atoms with E-state index in [1.54, 1.807) is 19.5 Å². The van der Waals surface area contributed by atoms with Crippen LogP contribution in [0, 0.1) is 5.92 Å². The molecule has 0 spiro atoms. The van der Waals surface area contributed by atoms with Crippen LogP contribution in [0.3, 0.4) is 0 Å². The minimum absolute atomic E-state index is 0.127. The van der Waals surface area contributed by atoms with E-state index in [-0.39, 0.29) is 12.0 Å². The summed E-state index contributed by atoms with van der Waals surface area (Å²) in [5.74, 6) is 0.972. The van der Waals surface area contributed by atoms with E-state index in [2.05, 4.69) is 34.9 Å². The molecule has 106 valence electrons. The second kappa shape index (κ2) is 7.10. The van der Waals surface area contributed by atoms with Crippen LogP contribution in [0.15, 0.2) is 46.3 Å². The molecule has 0 amide bonds. The SMILES string of the molecule is CC/C=C1\C[C@H]([C@@H](C)OC)C=NC(c2cccnc2)=N1. The third-order valence-corrected chi connectivity index (χ3v) is 3.42. The predicted molar refractivity (Wildman–Crippen MR) is 82.2 cm³/mol.